The summed E-state index contributed by atoms with van der Waals surface area (Å²) < 4.78 is 18.0. The molecule has 0 saturated heterocycles. The molecule has 1 aromatic heterocycles. The van der Waals surface area contributed by atoms with E-state index in [0.29, 0.717) is 18.7 Å². The third kappa shape index (κ3) is 5.34. The van der Waals surface area contributed by atoms with Gasteiger partial charge in [0.1, 0.15) is 5.82 Å². The summed E-state index contributed by atoms with van der Waals surface area (Å²) in [5, 5.41) is 7.57. The van der Waals surface area contributed by atoms with Crippen molar-refractivity contribution in [3.8, 4) is 0 Å². The fourth-order valence-corrected chi connectivity index (χ4v) is 3.06. The Morgan fingerprint density at radius 2 is 1.97 bits per heavy atom. The first-order chi connectivity index (χ1) is 14.1. The summed E-state index contributed by atoms with van der Waals surface area (Å²) in [5.41, 5.74) is 3.44. The van der Waals surface area contributed by atoms with Crippen molar-refractivity contribution in [1.29, 1.82) is 0 Å². The molecule has 0 aliphatic heterocycles. The lowest BCUT2D eigenvalue weighted by Crippen LogP contribution is -2.38. The van der Waals surface area contributed by atoms with E-state index in [4.69, 9.17) is 4.74 Å². The average Bonchev–Trinajstić information content (AvgIpc) is 3.13. The number of nitrogens with zero attached hydrogens (tertiary/aromatic N) is 1. The van der Waals surface area contributed by atoms with Gasteiger partial charge in [0.05, 0.1) is 19.2 Å². The topological polar surface area (TPSA) is 78.5 Å². The smallest absolute Gasteiger partial charge is 0.337 e. The number of nitrogens with one attached hydrogen (secondary N) is 3. The van der Waals surface area contributed by atoms with Gasteiger partial charge in [0.2, 0.25) is 0 Å². The molecule has 0 aliphatic rings. The fourth-order valence-electron chi connectivity index (χ4n) is 3.06. The van der Waals surface area contributed by atoms with Crippen LogP contribution in [0.2, 0.25) is 0 Å². The van der Waals surface area contributed by atoms with Crippen molar-refractivity contribution in [3.05, 3.63) is 71.2 Å². The van der Waals surface area contributed by atoms with Gasteiger partial charge in [-0.1, -0.05) is 12.1 Å². The maximum Gasteiger partial charge on any atom is 0.337 e. The van der Waals surface area contributed by atoms with Crippen molar-refractivity contribution < 1.29 is 13.9 Å². The molecular weight excluding hydrogens is 371 g/mol. The van der Waals surface area contributed by atoms with Gasteiger partial charge >= 0.3 is 5.97 Å². The van der Waals surface area contributed by atoms with Gasteiger partial charge < -0.3 is 20.4 Å². The van der Waals surface area contributed by atoms with Crippen molar-refractivity contribution in [1.82, 2.24) is 15.6 Å². The zero-order chi connectivity index (χ0) is 20.6. The van der Waals surface area contributed by atoms with Crippen LogP contribution in [0.25, 0.3) is 10.9 Å². The first-order valence-electron chi connectivity index (χ1n) is 9.55. The molecule has 2 aromatic carbocycles. The van der Waals surface area contributed by atoms with Gasteiger partial charge in [0.15, 0.2) is 5.96 Å². The van der Waals surface area contributed by atoms with Crippen molar-refractivity contribution in [2.24, 2.45) is 4.99 Å². The summed E-state index contributed by atoms with van der Waals surface area (Å²) in [6, 6.07) is 12.0. The Kier molecular flexibility index (Phi) is 6.84. The van der Waals surface area contributed by atoms with Crippen molar-refractivity contribution >= 4 is 22.8 Å². The Morgan fingerprint density at radius 3 is 2.69 bits per heavy atom. The molecule has 0 bridgehead atoms. The first kappa shape index (κ1) is 20.4. The number of hydrogen-bond donors (Lipinski definition) is 3. The Hall–Kier alpha value is -3.35. The Balaban J connectivity index is 1.58. The number of fused-ring (bicyclic) bond motifs is 1. The normalized spacial score (nSPS) is 11.5. The molecule has 0 atom stereocenters. The third-order valence-corrected chi connectivity index (χ3v) is 4.56. The van der Waals surface area contributed by atoms with Gasteiger partial charge in [-0.3, -0.25) is 0 Å². The summed E-state index contributed by atoms with van der Waals surface area (Å²) in [5.74, 6) is 0.121. The lowest BCUT2D eigenvalue weighted by molar-refractivity contribution is 0.0600. The minimum absolute atomic E-state index is 0.245. The van der Waals surface area contributed by atoms with E-state index in [1.54, 1.807) is 18.2 Å². The molecule has 1 heterocycles. The molecule has 3 rings (SSSR count). The number of benzene rings is 2. The number of methoxy groups -OCH3 is 1. The molecule has 3 aromatic rings. The molecule has 29 heavy (non-hydrogen) atoms. The first-order valence-corrected chi connectivity index (χ1v) is 9.55. The Bertz CT molecular complexity index is 996. The second-order valence-electron chi connectivity index (χ2n) is 6.56. The molecule has 0 aliphatic carbocycles. The summed E-state index contributed by atoms with van der Waals surface area (Å²) in [6.45, 7) is 3.94. The number of guanidine groups is 1. The van der Waals surface area contributed by atoms with Crippen molar-refractivity contribution in [2.45, 2.75) is 19.9 Å². The summed E-state index contributed by atoms with van der Waals surface area (Å²) in [7, 11) is 1.36. The standard InChI is InChI=1S/C22H25FN4O2/c1-3-24-22(27-13-15-4-6-16(7-5-15)21(28)29-2)25-11-10-17-14-26-20-12-18(23)8-9-19(17)20/h4-9,12,14,26H,3,10-11,13H2,1-2H3,(H2,24,25,27). The maximum atomic E-state index is 13.3. The van der Waals surface area contributed by atoms with Gasteiger partial charge in [-0.2, -0.15) is 0 Å². The highest BCUT2D eigenvalue weighted by atomic mass is 19.1. The van der Waals surface area contributed by atoms with E-state index in [1.165, 1.54) is 19.2 Å². The monoisotopic (exact) mass is 396 g/mol. The molecule has 7 heteroatoms. The van der Waals surface area contributed by atoms with E-state index < -0.39 is 0 Å². The number of aromatic amines is 1. The number of hydrogen-bond acceptors (Lipinski definition) is 3. The second kappa shape index (κ2) is 9.73. The number of ether oxygens (including phenoxy) is 1. The summed E-state index contributed by atoms with van der Waals surface area (Å²) >= 11 is 0. The predicted molar refractivity (Wildman–Crippen MR) is 113 cm³/mol. The fraction of sp³-hybridized carbons (Fsp3) is 0.273. The van der Waals surface area contributed by atoms with Crippen molar-refractivity contribution in [3.63, 3.8) is 0 Å². The molecule has 0 spiro atoms. The summed E-state index contributed by atoms with van der Waals surface area (Å²) in [4.78, 5) is 19.2. The van der Waals surface area contributed by atoms with Gasteiger partial charge in [0.25, 0.3) is 0 Å². The lowest BCUT2D eigenvalue weighted by atomic mass is 10.1. The quantitative estimate of drug-likeness (QED) is 0.325. The van der Waals surface area contributed by atoms with Crippen LogP contribution in [0.5, 0.6) is 0 Å². The van der Waals surface area contributed by atoms with E-state index in [2.05, 4.69) is 20.6 Å². The van der Waals surface area contributed by atoms with E-state index >= 15 is 0 Å². The predicted octanol–water partition coefficient (Wildman–Crippen LogP) is 3.39. The number of H-pyrrole nitrogens is 1. The van der Waals surface area contributed by atoms with Gasteiger partial charge in [-0.05, 0) is 54.8 Å². The second-order valence-corrected chi connectivity index (χ2v) is 6.56. The van der Waals surface area contributed by atoms with Gasteiger partial charge in [0, 0.05) is 30.2 Å². The van der Waals surface area contributed by atoms with Crippen LogP contribution >= 0.6 is 0 Å². The zero-order valence-electron chi connectivity index (χ0n) is 16.6. The Morgan fingerprint density at radius 1 is 1.17 bits per heavy atom. The minimum Gasteiger partial charge on any atom is -0.465 e. The third-order valence-electron chi connectivity index (χ3n) is 4.56. The van der Waals surface area contributed by atoms with E-state index in [-0.39, 0.29) is 11.8 Å². The van der Waals surface area contributed by atoms with Crippen LogP contribution in [-0.2, 0) is 17.7 Å². The molecule has 0 amide bonds. The van der Waals surface area contributed by atoms with E-state index in [9.17, 15) is 9.18 Å². The number of carbonyl (C=O) groups excluding carboxylic acids is 1. The maximum absolute atomic E-state index is 13.3. The molecule has 0 saturated carbocycles. The zero-order valence-corrected chi connectivity index (χ0v) is 16.6. The number of carbonyl (C=O) groups is 1. The van der Waals surface area contributed by atoms with Crippen LogP contribution in [0.1, 0.15) is 28.4 Å². The highest BCUT2D eigenvalue weighted by molar-refractivity contribution is 5.89. The number of halogens is 1. The number of rotatable bonds is 7. The van der Waals surface area contributed by atoms with Gasteiger partial charge in [-0.25, -0.2) is 14.2 Å². The molecular formula is C22H25FN4O2. The largest absolute Gasteiger partial charge is 0.465 e. The van der Waals surface area contributed by atoms with Crippen LogP contribution in [0, 0.1) is 5.82 Å². The number of aliphatic imine (C=N–C) groups is 1. The summed E-state index contributed by atoms with van der Waals surface area (Å²) in [6.07, 6.45) is 2.70. The van der Waals surface area contributed by atoms with E-state index in [1.807, 2.05) is 25.3 Å². The number of esters is 1. The Labute approximate surface area is 169 Å². The van der Waals surface area contributed by atoms with Crippen LogP contribution in [0.4, 0.5) is 4.39 Å². The number of aromatic nitrogens is 1. The molecule has 3 N–H and O–H groups in total. The van der Waals surface area contributed by atoms with Crippen molar-refractivity contribution in [2.75, 3.05) is 20.2 Å². The van der Waals surface area contributed by atoms with Crippen LogP contribution in [0.3, 0.4) is 0 Å². The highest BCUT2D eigenvalue weighted by Crippen LogP contribution is 2.19. The molecule has 6 nitrogen and oxygen atoms in total. The molecule has 0 unspecified atom stereocenters. The van der Waals surface area contributed by atoms with Gasteiger partial charge in [-0.15, -0.1) is 0 Å². The molecule has 0 radical (unpaired) electrons. The SMILES string of the molecule is CCNC(=NCc1ccc(C(=O)OC)cc1)NCCc1c[nH]c2cc(F)ccc12. The highest BCUT2D eigenvalue weighted by Gasteiger charge is 2.06. The molecule has 152 valence electrons. The van der Waals surface area contributed by atoms with E-state index in [0.717, 1.165) is 41.0 Å². The minimum atomic E-state index is -0.352. The van der Waals surface area contributed by atoms with Crippen LogP contribution < -0.4 is 10.6 Å². The van der Waals surface area contributed by atoms with Crippen LogP contribution in [-0.4, -0.2) is 37.1 Å². The van der Waals surface area contributed by atoms with Crippen LogP contribution in [0.15, 0.2) is 53.7 Å². The average molecular weight is 396 g/mol. The molecule has 0 fully saturated rings. The lowest BCUT2D eigenvalue weighted by Gasteiger charge is -2.11.